The first-order valence-corrected chi connectivity index (χ1v) is 7.98. The molecule has 0 aromatic heterocycles. The number of hydrazone groups is 1. The fourth-order valence-electron chi connectivity index (χ4n) is 1.77. The van der Waals surface area contributed by atoms with Crippen molar-refractivity contribution in [1.29, 1.82) is 0 Å². The zero-order valence-corrected chi connectivity index (χ0v) is 14.6. The molecule has 2 aromatic rings. The van der Waals surface area contributed by atoms with Crippen LogP contribution in [0.15, 0.2) is 58.1 Å². The summed E-state index contributed by atoms with van der Waals surface area (Å²) in [5, 5.41) is 12.5. The Hall–Kier alpha value is -2.87. The van der Waals surface area contributed by atoms with Crippen molar-refractivity contribution in [3.63, 3.8) is 0 Å². The number of nitrogens with zero attached hydrogens (tertiary/aromatic N) is 1. The van der Waals surface area contributed by atoms with Gasteiger partial charge >= 0.3 is 5.97 Å². The SMILES string of the molecule is O=C(O)COc1ccccc1/C=N/NC(=O)COc1cccc(Br)c1. The molecule has 0 aliphatic rings. The molecule has 7 nitrogen and oxygen atoms in total. The Morgan fingerprint density at radius 1 is 1.12 bits per heavy atom. The van der Waals surface area contributed by atoms with E-state index in [-0.39, 0.29) is 6.61 Å². The molecule has 0 atom stereocenters. The van der Waals surface area contributed by atoms with Crippen molar-refractivity contribution < 1.29 is 24.2 Å². The molecular formula is C17H15BrN2O5. The molecule has 25 heavy (non-hydrogen) atoms. The van der Waals surface area contributed by atoms with Crippen LogP contribution in [-0.2, 0) is 9.59 Å². The number of nitrogens with one attached hydrogen (secondary N) is 1. The van der Waals surface area contributed by atoms with Crippen LogP contribution in [0.3, 0.4) is 0 Å². The van der Waals surface area contributed by atoms with Gasteiger partial charge in [-0.15, -0.1) is 0 Å². The third-order valence-electron chi connectivity index (χ3n) is 2.83. The Balaban J connectivity index is 1.86. The maximum atomic E-state index is 11.7. The average molecular weight is 407 g/mol. The molecule has 1 amide bonds. The third kappa shape index (κ3) is 6.64. The zero-order valence-electron chi connectivity index (χ0n) is 13.0. The van der Waals surface area contributed by atoms with Gasteiger partial charge in [-0.25, -0.2) is 10.2 Å². The topological polar surface area (TPSA) is 97.2 Å². The number of ether oxygens (including phenoxy) is 2. The molecule has 2 aromatic carbocycles. The summed E-state index contributed by atoms with van der Waals surface area (Å²) in [5.41, 5.74) is 2.87. The Kier molecular flexibility index (Phi) is 6.97. The molecule has 0 unspecified atom stereocenters. The summed E-state index contributed by atoms with van der Waals surface area (Å²) in [6.07, 6.45) is 1.37. The summed E-state index contributed by atoms with van der Waals surface area (Å²) in [7, 11) is 0. The molecule has 2 N–H and O–H groups in total. The van der Waals surface area contributed by atoms with Crippen LogP contribution in [0.25, 0.3) is 0 Å². The minimum absolute atomic E-state index is 0.190. The van der Waals surface area contributed by atoms with Crippen molar-refractivity contribution >= 4 is 34.0 Å². The molecule has 0 aliphatic carbocycles. The van der Waals surface area contributed by atoms with E-state index >= 15 is 0 Å². The van der Waals surface area contributed by atoms with Crippen LogP contribution < -0.4 is 14.9 Å². The predicted octanol–water partition coefficient (Wildman–Crippen LogP) is 2.44. The average Bonchev–Trinajstić information content (AvgIpc) is 2.59. The van der Waals surface area contributed by atoms with E-state index in [2.05, 4.69) is 26.5 Å². The summed E-state index contributed by atoms with van der Waals surface area (Å²) >= 11 is 3.31. The van der Waals surface area contributed by atoms with Gasteiger partial charge in [0, 0.05) is 10.0 Å². The van der Waals surface area contributed by atoms with Crippen LogP contribution in [0.1, 0.15) is 5.56 Å². The molecule has 2 rings (SSSR count). The van der Waals surface area contributed by atoms with E-state index in [9.17, 15) is 9.59 Å². The smallest absolute Gasteiger partial charge is 0.341 e. The van der Waals surface area contributed by atoms with Crippen molar-refractivity contribution in [2.24, 2.45) is 5.10 Å². The van der Waals surface area contributed by atoms with E-state index in [0.717, 1.165) is 4.47 Å². The normalized spacial score (nSPS) is 10.4. The number of hydrogen-bond acceptors (Lipinski definition) is 5. The number of para-hydroxylation sites is 1. The van der Waals surface area contributed by atoms with E-state index < -0.39 is 18.5 Å². The maximum Gasteiger partial charge on any atom is 0.341 e. The van der Waals surface area contributed by atoms with Gasteiger partial charge in [-0.2, -0.15) is 5.10 Å². The van der Waals surface area contributed by atoms with E-state index in [1.54, 1.807) is 42.5 Å². The molecule has 0 saturated carbocycles. The largest absolute Gasteiger partial charge is 0.484 e. The maximum absolute atomic E-state index is 11.7. The highest BCUT2D eigenvalue weighted by atomic mass is 79.9. The molecule has 0 spiro atoms. The van der Waals surface area contributed by atoms with E-state index in [0.29, 0.717) is 17.1 Å². The number of amides is 1. The molecule has 0 heterocycles. The van der Waals surface area contributed by atoms with Gasteiger partial charge in [0.25, 0.3) is 5.91 Å². The van der Waals surface area contributed by atoms with Gasteiger partial charge in [-0.05, 0) is 30.3 Å². The van der Waals surface area contributed by atoms with Crippen molar-refractivity contribution in [1.82, 2.24) is 5.43 Å². The van der Waals surface area contributed by atoms with E-state index in [4.69, 9.17) is 14.6 Å². The van der Waals surface area contributed by atoms with Crippen LogP contribution in [0.2, 0.25) is 0 Å². The van der Waals surface area contributed by atoms with Gasteiger partial charge in [0.05, 0.1) is 6.21 Å². The number of rotatable bonds is 8. The van der Waals surface area contributed by atoms with Gasteiger partial charge < -0.3 is 14.6 Å². The lowest BCUT2D eigenvalue weighted by Gasteiger charge is -2.07. The van der Waals surface area contributed by atoms with Gasteiger partial charge in [0.15, 0.2) is 13.2 Å². The molecule has 0 radical (unpaired) electrons. The molecule has 0 saturated heterocycles. The van der Waals surface area contributed by atoms with E-state index in [1.165, 1.54) is 6.21 Å². The Morgan fingerprint density at radius 3 is 2.68 bits per heavy atom. The summed E-state index contributed by atoms with van der Waals surface area (Å²) in [4.78, 5) is 22.3. The van der Waals surface area contributed by atoms with Crippen molar-refractivity contribution in [3.8, 4) is 11.5 Å². The van der Waals surface area contributed by atoms with Crippen LogP contribution in [0.5, 0.6) is 11.5 Å². The van der Waals surface area contributed by atoms with Gasteiger partial charge in [0.2, 0.25) is 0 Å². The first kappa shape index (κ1) is 18.5. The number of benzene rings is 2. The van der Waals surface area contributed by atoms with Crippen LogP contribution in [-0.4, -0.2) is 36.4 Å². The second kappa shape index (κ2) is 9.43. The Labute approximate surface area is 152 Å². The zero-order chi connectivity index (χ0) is 18.1. The van der Waals surface area contributed by atoms with Crippen LogP contribution in [0, 0.1) is 0 Å². The lowest BCUT2D eigenvalue weighted by Crippen LogP contribution is -2.24. The number of hydrogen-bond donors (Lipinski definition) is 2. The molecule has 0 aliphatic heterocycles. The fourth-order valence-corrected chi connectivity index (χ4v) is 2.15. The quantitative estimate of drug-likeness (QED) is 0.518. The highest BCUT2D eigenvalue weighted by Crippen LogP contribution is 2.17. The number of carboxylic acid groups (broad SMARTS) is 1. The highest BCUT2D eigenvalue weighted by molar-refractivity contribution is 9.10. The first-order chi connectivity index (χ1) is 12.0. The van der Waals surface area contributed by atoms with Crippen molar-refractivity contribution in [3.05, 3.63) is 58.6 Å². The second-order valence-corrected chi connectivity index (χ2v) is 5.68. The highest BCUT2D eigenvalue weighted by Gasteiger charge is 2.05. The number of carbonyl (C=O) groups is 2. The Morgan fingerprint density at radius 2 is 1.92 bits per heavy atom. The minimum Gasteiger partial charge on any atom is -0.484 e. The second-order valence-electron chi connectivity index (χ2n) is 4.76. The van der Waals surface area contributed by atoms with Crippen molar-refractivity contribution in [2.75, 3.05) is 13.2 Å². The lowest BCUT2D eigenvalue weighted by atomic mass is 10.2. The number of halogens is 1. The van der Waals surface area contributed by atoms with Gasteiger partial charge in [0.1, 0.15) is 11.5 Å². The lowest BCUT2D eigenvalue weighted by molar-refractivity contribution is -0.139. The number of carboxylic acids is 1. The summed E-state index contributed by atoms with van der Waals surface area (Å²) in [6.45, 7) is -0.650. The number of carbonyl (C=O) groups excluding carboxylic acids is 1. The molecule has 0 fully saturated rings. The Bertz CT molecular complexity index is 779. The fraction of sp³-hybridized carbons (Fsp3) is 0.118. The van der Waals surface area contributed by atoms with Gasteiger partial charge in [-0.1, -0.05) is 34.1 Å². The molecular weight excluding hydrogens is 392 g/mol. The summed E-state index contributed by atoms with van der Waals surface area (Å²) < 4.78 is 11.3. The van der Waals surface area contributed by atoms with Crippen LogP contribution >= 0.6 is 15.9 Å². The summed E-state index contributed by atoms with van der Waals surface area (Å²) in [5.74, 6) is -0.598. The van der Waals surface area contributed by atoms with Gasteiger partial charge in [-0.3, -0.25) is 4.79 Å². The number of aliphatic carboxylic acids is 1. The minimum atomic E-state index is -1.08. The molecule has 130 valence electrons. The molecule has 8 heteroatoms. The summed E-state index contributed by atoms with van der Waals surface area (Å²) in [6, 6.07) is 13.9. The monoisotopic (exact) mass is 406 g/mol. The standard InChI is InChI=1S/C17H15BrN2O5/c18-13-5-3-6-14(8-13)24-10-16(21)20-19-9-12-4-1-2-7-15(12)25-11-17(22)23/h1-9H,10-11H2,(H,20,21)(H,22,23)/b19-9+. The van der Waals surface area contributed by atoms with Crippen LogP contribution in [0.4, 0.5) is 0 Å². The van der Waals surface area contributed by atoms with E-state index in [1.807, 2.05) is 6.07 Å². The van der Waals surface area contributed by atoms with Crippen molar-refractivity contribution in [2.45, 2.75) is 0 Å². The predicted molar refractivity (Wildman–Crippen MR) is 94.9 cm³/mol. The first-order valence-electron chi connectivity index (χ1n) is 7.18. The third-order valence-corrected chi connectivity index (χ3v) is 3.32. The molecule has 0 bridgehead atoms.